The smallest absolute Gasteiger partial charge is 0.303 e. The summed E-state index contributed by atoms with van der Waals surface area (Å²) in [7, 11) is 0. The Hall–Kier alpha value is -1.31. The molecular weight excluding hydrogens is 272 g/mol. The summed E-state index contributed by atoms with van der Waals surface area (Å²) in [6, 6.07) is 0. The Labute approximate surface area is 137 Å². The van der Waals surface area contributed by atoms with Gasteiger partial charge in [-0.1, -0.05) is 69.1 Å². The zero-order chi connectivity index (χ0) is 16.3. The number of aliphatic carboxylic acids is 1. The first-order valence-electron chi connectivity index (χ1n) is 8.95. The average molecular weight is 306 g/mol. The molecule has 0 aliphatic carbocycles. The second-order valence-corrected chi connectivity index (χ2v) is 5.75. The first-order valence-corrected chi connectivity index (χ1v) is 8.95. The van der Waals surface area contributed by atoms with E-state index in [0.717, 1.165) is 6.42 Å². The summed E-state index contributed by atoms with van der Waals surface area (Å²) in [5.74, 6) is -0.733. The van der Waals surface area contributed by atoms with Crippen LogP contribution in [0, 0.1) is 0 Å². The van der Waals surface area contributed by atoms with E-state index >= 15 is 0 Å². The SMILES string of the molecule is CCCCCC/C=C/CCCCC/C=C/C=C/CCC(=O)O. The van der Waals surface area contributed by atoms with Gasteiger partial charge in [-0.05, 0) is 44.9 Å². The number of carboxylic acids is 1. The molecule has 0 spiro atoms. The summed E-state index contributed by atoms with van der Waals surface area (Å²) in [5.41, 5.74) is 0. The Balaban J connectivity index is 3.25. The number of carboxylic acid groups (broad SMARTS) is 1. The van der Waals surface area contributed by atoms with Crippen LogP contribution >= 0.6 is 0 Å². The number of allylic oxidation sites excluding steroid dienone is 6. The molecule has 0 aromatic carbocycles. The van der Waals surface area contributed by atoms with Gasteiger partial charge in [-0.15, -0.1) is 0 Å². The maximum Gasteiger partial charge on any atom is 0.303 e. The minimum atomic E-state index is -0.733. The maximum atomic E-state index is 10.3. The van der Waals surface area contributed by atoms with Crippen LogP contribution in [0.1, 0.15) is 84.0 Å². The highest BCUT2D eigenvalue weighted by Crippen LogP contribution is 2.07. The van der Waals surface area contributed by atoms with Crippen LogP contribution in [0.15, 0.2) is 36.5 Å². The number of hydrogen-bond donors (Lipinski definition) is 1. The lowest BCUT2D eigenvalue weighted by Gasteiger charge is -1.96. The molecule has 0 aromatic heterocycles. The lowest BCUT2D eigenvalue weighted by Crippen LogP contribution is -1.91. The summed E-state index contributed by atoms with van der Waals surface area (Å²) >= 11 is 0. The van der Waals surface area contributed by atoms with Crippen LogP contribution in [0.2, 0.25) is 0 Å². The molecule has 0 aliphatic heterocycles. The third kappa shape index (κ3) is 18.7. The van der Waals surface area contributed by atoms with Gasteiger partial charge < -0.3 is 5.11 Å². The summed E-state index contributed by atoms with van der Waals surface area (Å²) in [4.78, 5) is 10.3. The van der Waals surface area contributed by atoms with E-state index in [0.29, 0.717) is 6.42 Å². The normalized spacial score (nSPS) is 12.0. The summed E-state index contributed by atoms with van der Waals surface area (Å²) in [5, 5.41) is 8.48. The number of carbonyl (C=O) groups is 1. The van der Waals surface area contributed by atoms with Crippen molar-refractivity contribution in [2.45, 2.75) is 84.0 Å². The predicted octanol–water partition coefficient (Wildman–Crippen LogP) is 6.44. The van der Waals surface area contributed by atoms with E-state index in [1.807, 2.05) is 18.2 Å². The lowest BCUT2D eigenvalue weighted by molar-refractivity contribution is -0.136. The monoisotopic (exact) mass is 306 g/mol. The molecule has 0 radical (unpaired) electrons. The minimum Gasteiger partial charge on any atom is -0.481 e. The van der Waals surface area contributed by atoms with E-state index in [9.17, 15) is 4.79 Å². The predicted molar refractivity (Wildman–Crippen MR) is 96.1 cm³/mol. The van der Waals surface area contributed by atoms with Gasteiger partial charge in [-0.3, -0.25) is 4.79 Å². The van der Waals surface area contributed by atoms with Crippen molar-refractivity contribution in [2.75, 3.05) is 0 Å². The van der Waals surface area contributed by atoms with Gasteiger partial charge in [0.15, 0.2) is 0 Å². The van der Waals surface area contributed by atoms with Crippen molar-refractivity contribution in [2.24, 2.45) is 0 Å². The van der Waals surface area contributed by atoms with Gasteiger partial charge in [-0.25, -0.2) is 0 Å². The molecule has 0 aliphatic rings. The lowest BCUT2D eigenvalue weighted by atomic mass is 10.1. The van der Waals surface area contributed by atoms with Crippen molar-refractivity contribution in [1.82, 2.24) is 0 Å². The van der Waals surface area contributed by atoms with Crippen LogP contribution in [-0.4, -0.2) is 11.1 Å². The van der Waals surface area contributed by atoms with Gasteiger partial charge >= 0.3 is 5.97 Å². The molecule has 1 N–H and O–H groups in total. The molecule has 0 saturated carbocycles. The first-order chi connectivity index (χ1) is 10.8. The fourth-order valence-electron chi connectivity index (χ4n) is 2.18. The van der Waals surface area contributed by atoms with Crippen LogP contribution in [0.5, 0.6) is 0 Å². The van der Waals surface area contributed by atoms with Gasteiger partial charge in [0.25, 0.3) is 0 Å². The quantitative estimate of drug-likeness (QED) is 0.215. The van der Waals surface area contributed by atoms with Crippen molar-refractivity contribution >= 4 is 5.97 Å². The van der Waals surface area contributed by atoms with E-state index in [4.69, 9.17) is 5.11 Å². The van der Waals surface area contributed by atoms with Gasteiger partial charge in [0.05, 0.1) is 0 Å². The summed E-state index contributed by atoms with van der Waals surface area (Å²) < 4.78 is 0. The van der Waals surface area contributed by atoms with E-state index < -0.39 is 5.97 Å². The van der Waals surface area contributed by atoms with Crippen molar-refractivity contribution in [3.05, 3.63) is 36.5 Å². The molecule has 0 aromatic rings. The zero-order valence-corrected chi connectivity index (χ0v) is 14.3. The van der Waals surface area contributed by atoms with Gasteiger partial charge in [0.1, 0.15) is 0 Å². The second kappa shape index (κ2) is 17.7. The van der Waals surface area contributed by atoms with Gasteiger partial charge in [0, 0.05) is 6.42 Å². The van der Waals surface area contributed by atoms with Crippen LogP contribution in [0.25, 0.3) is 0 Å². The van der Waals surface area contributed by atoms with E-state index in [2.05, 4.69) is 25.2 Å². The Morgan fingerprint density at radius 3 is 1.77 bits per heavy atom. The first kappa shape index (κ1) is 20.7. The summed E-state index contributed by atoms with van der Waals surface area (Å²) in [6.07, 6.45) is 26.4. The van der Waals surface area contributed by atoms with Crippen LogP contribution in [0.4, 0.5) is 0 Å². The van der Waals surface area contributed by atoms with E-state index in [1.54, 1.807) is 0 Å². The van der Waals surface area contributed by atoms with Gasteiger partial charge in [-0.2, -0.15) is 0 Å². The van der Waals surface area contributed by atoms with Gasteiger partial charge in [0.2, 0.25) is 0 Å². The Bertz CT molecular complexity index is 327. The molecule has 0 atom stereocenters. The number of unbranched alkanes of at least 4 members (excludes halogenated alkanes) is 8. The molecule has 0 rings (SSSR count). The van der Waals surface area contributed by atoms with Crippen molar-refractivity contribution in [1.29, 1.82) is 0 Å². The molecule has 0 unspecified atom stereocenters. The molecule has 126 valence electrons. The number of rotatable bonds is 15. The standard InChI is InChI=1S/C20H34O2/c1-2-3-4-5-6-7-8-9-10-11-12-13-14-15-16-17-18-19-20(21)22/h7-8,14-17H,2-6,9-13,18-19H2,1H3,(H,21,22)/b8-7+,15-14+,17-16+. The number of hydrogen-bond acceptors (Lipinski definition) is 1. The van der Waals surface area contributed by atoms with E-state index in [1.165, 1.54) is 57.8 Å². The molecule has 0 heterocycles. The third-order valence-corrected chi connectivity index (χ3v) is 3.54. The molecule has 2 heteroatoms. The molecule has 0 saturated heterocycles. The van der Waals surface area contributed by atoms with Crippen LogP contribution in [0.3, 0.4) is 0 Å². The second-order valence-electron chi connectivity index (χ2n) is 5.75. The Morgan fingerprint density at radius 2 is 1.23 bits per heavy atom. The van der Waals surface area contributed by atoms with Crippen molar-refractivity contribution in [3.63, 3.8) is 0 Å². The highest BCUT2D eigenvalue weighted by Gasteiger charge is 1.90. The Morgan fingerprint density at radius 1 is 0.727 bits per heavy atom. The Kier molecular flexibility index (Phi) is 16.7. The summed E-state index contributed by atoms with van der Waals surface area (Å²) in [6.45, 7) is 2.25. The molecule has 2 nitrogen and oxygen atoms in total. The van der Waals surface area contributed by atoms with Crippen LogP contribution in [-0.2, 0) is 4.79 Å². The molecule has 0 fully saturated rings. The maximum absolute atomic E-state index is 10.3. The largest absolute Gasteiger partial charge is 0.481 e. The van der Waals surface area contributed by atoms with E-state index in [-0.39, 0.29) is 6.42 Å². The fourth-order valence-corrected chi connectivity index (χ4v) is 2.18. The fraction of sp³-hybridized carbons (Fsp3) is 0.650. The molecule has 22 heavy (non-hydrogen) atoms. The third-order valence-electron chi connectivity index (χ3n) is 3.54. The molecule has 0 bridgehead atoms. The highest BCUT2D eigenvalue weighted by molar-refractivity contribution is 5.66. The molecule has 0 amide bonds. The zero-order valence-electron chi connectivity index (χ0n) is 14.3. The minimum absolute atomic E-state index is 0.219. The van der Waals surface area contributed by atoms with Crippen molar-refractivity contribution in [3.8, 4) is 0 Å². The van der Waals surface area contributed by atoms with Crippen LogP contribution < -0.4 is 0 Å². The highest BCUT2D eigenvalue weighted by atomic mass is 16.4. The average Bonchev–Trinajstić information content (AvgIpc) is 2.50. The topological polar surface area (TPSA) is 37.3 Å². The van der Waals surface area contributed by atoms with Crippen molar-refractivity contribution < 1.29 is 9.90 Å². The molecular formula is C20H34O2.